The van der Waals surface area contributed by atoms with Gasteiger partial charge in [0.15, 0.2) is 6.35 Å². The summed E-state index contributed by atoms with van der Waals surface area (Å²) in [5.74, 6) is -2.65. The lowest BCUT2D eigenvalue weighted by molar-refractivity contribution is -0.116. The first-order valence-corrected chi connectivity index (χ1v) is 7.89. The molecule has 1 N–H and O–H groups in total. The van der Waals surface area contributed by atoms with Crippen molar-refractivity contribution in [1.29, 1.82) is 0 Å². The van der Waals surface area contributed by atoms with Crippen molar-refractivity contribution in [2.45, 2.75) is 44.0 Å². The molecular formula is C15H25F2N3O. The van der Waals surface area contributed by atoms with Crippen LogP contribution in [0.1, 0.15) is 25.7 Å². The van der Waals surface area contributed by atoms with E-state index < -0.39 is 12.3 Å². The summed E-state index contributed by atoms with van der Waals surface area (Å²) in [6.07, 6.45) is 4.30. The van der Waals surface area contributed by atoms with E-state index in [4.69, 9.17) is 0 Å². The SMILES string of the molecule is CN1CC=C([C@@H]2CCCN2C(O)N2CCC(F)(F)C2)CC1. The molecule has 1 unspecified atom stereocenters. The van der Waals surface area contributed by atoms with Crippen molar-refractivity contribution < 1.29 is 13.9 Å². The van der Waals surface area contributed by atoms with Crippen LogP contribution in [0.25, 0.3) is 0 Å². The van der Waals surface area contributed by atoms with Gasteiger partial charge in [-0.2, -0.15) is 0 Å². The summed E-state index contributed by atoms with van der Waals surface area (Å²) >= 11 is 0. The maximum Gasteiger partial charge on any atom is 0.261 e. The number of alkyl halides is 2. The number of rotatable bonds is 3. The molecule has 4 nitrogen and oxygen atoms in total. The fourth-order valence-corrected chi connectivity index (χ4v) is 3.72. The summed E-state index contributed by atoms with van der Waals surface area (Å²) in [4.78, 5) is 5.80. The van der Waals surface area contributed by atoms with E-state index >= 15 is 0 Å². The first-order chi connectivity index (χ1) is 9.96. The van der Waals surface area contributed by atoms with Crippen LogP contribution in [0.3, 0.4) is 0 Å². The van der Waals surface area contributed by atoms with Crippen LogP contribution >= 0.6 is 0 Å². The molecule has 0 aliphatic carbocycles. The van der Waals surface area contributed by atoms with Crippen molar-refractivity contribution >= 4 is 0 Å². The molecule has 2 saturated heterocycles. The maximum absolute atomic E-state index is 13.3. The van der Waals surface area contributed by atoms with Crippen molar-refractivity contribution in [2.24, 2.45) is 0 Å². The fourth-order valence-electron chi connectivity index (χ4n) is 3.72. The smallest absolute Gasteiger partial charge is 0.261 e. The van der Waals surface area contributed by atoms with Gasteiger partial charge in [0.05, 0.1) is 6.54 Å². The van der Waals surface area contributed by atoms with E-state index in [2.05, 4.69) is 18.0 Å². The molecule has 0 aromatic heterocycles. The highest BCUT2D eigenvalue weighted by atomic mass is 19.3. The predicted molar refractivity (Wildman–Crippen MR) is 77.1 cm³/mol. The Labute approximate surface area is 125 Å². The van der Waals surface area contributed by atoms with Gasteiger partial charge in [0.1, 0.15) is 0 Å². The predicted octanol–water partition coefficient (Wildman–Crippen LogP) is 1.33. The molecule has 21 heavy (non-hydrogen) atoms. The highest BCUT2D eigenvalue weighted by Gasteiger charge is 2.44. The third-order valence-corrected chi connectivity index (χ3v) is 4.99. The van der Waals surface area contributed by atoms with Crippen LogP contribution in [0.2, 0.25) is 0 Å². The van der Waals surface area contributed by atoms with Gasteiger partial charge >= 0.3 is 0 Å². The standard InChI is InChI=1S/C15H25F2N3O/c1-18-8-4-12(5-9-18)13-3-2-7-20(13)14(21)19-10-6-15(16,17)11-19/h4,13-14,21H,2-3,5-11H2,1H3/t13-,14?/m0/s1. The van der Waals surface area contributed by atoms with Gasteiger partial charge in [-0.05, 0) is 26.3 Å². The second-order valence-corrected chi connectivity index (χ2v) is 6.61. The summed E-state index contributed by atoms with van der Waals surface area (Å²) in [5.41, 5.74) is 1.37. The zero-order valence-electron chi connectivity index (χ0n) is 12.6. The molecule has 0 aromatic carbocycles. The topological polar surface area (TPSA) is 30.0 Å². The Hall–Kier alpha value is -0.560. The van der Waals surface area contributed by atoms with Gasteiger partial charge in [0.2, 0.25) is 0 Å². The van der Waals surface area contributed by atoms with E-state index in [-0.39, 0.29) is 25.6 Å². The third kappa shape index (κ3) is 3.28. The van der Waals surface area contributed by atoms with Crippen molar-refractivity contribution in [3.63, 3.8) is 0 Å². The molecule has 2 atom stereocenters. The largest absolute Gasteiger partial charge is 0.365 e. The normalized spacial score (nSPS) is 33.3. The molecule has 3 rings (SSSR count). The van der Waals surface area contributed by atoms with E-state index in [1.807, 2.05) is 4.90 Å². The van der Waals surface area contributed by atoms with Gasteiger partial charge in [-0.25, -0.2) is 8.78 Å². The minimum atomic E-state index is -2.65. The molecule has 0 bridgehead atoms. The molecule has 120 valence electrons. The van der Waals surface area contributed by atoms with Crippen LogP contribution in [0.15, 0.2) is 11.6 Å². The van der Waals surface area contributed by atoms with Crippen LogP contribution in [0, 0.1) is 0 Å². The molecule has 0 aromatic rings. The molecule has 3 aliphatic rings. The number of aliphatic hydroxyl groups excluding tert-OH is 1. The van der Waals surface area contributed by atoms with Crippen LogP contribution in [0.4, 0.5) is 8.78 Å². The van der Waals surface area contributed by atoms with Crippen LogP contribution < -0.4 is 0 Å². The summed E-state index contributed by atoms with van der Waals surface area (Å²) < 4.78 is 26.7. The lowest BCUT2D eigenvalue weighted by atomic mass is 9.98. The van der Waals surface area contributed by atoms with E-state index in [0.717, 1.165) is 38.9 Å². The van der Waals surface area contributed by atoms with Crippen molar-refractivity contribution in [2.75, 3.05) is 39.8 Å². The molecule has 0 amide bonds. The molecule has 0 radical (unpaired) electrons. The number of hydrogen-bond donors (Lipinski definition) is 1. The minimum absolute atomic E-state index is 0.143. The van der Waals surface area contributed by atoms with Crippen LogP contribution in [-0.2, 0) is 0 Å². The lowest BCUT2D eigenvalue weighted by Crippen LogP contribution is -2.51. The quantitative estimate of drug-likeness (QED) is 0.797. The van der Waals surface area contributed by atoms with Crippen LogP contribution in [-0.4, -0.2) is 77.9 Å². The number of halogens is 2. The average molecular weight is 301 g/mol. The van der Waals surface area contributed by atoms with E-state index in [0.29, 0.717) is 0 Å². The fraction of sp³-hybridized carbons (Fsp3) is 0.867. The van der Waals surface area contributed by atoms with E-state index in [9.17, 15) is 13.9 Å². The zero-order chi connectivity index (χ0) is 15.0. The Kier molecular flexibility index (Phi) is 4.32. The number of likely N-dealkylation sites (tertiary alicyclic amines) is 2. The highest BCUT2D eigenvalue weighted by molar-refractivity contribution is 5.16. The summed E-state index contributed by atoms with van der Waals surface area (Å²) in [5, 5.41) is 10.5. The van der Waals surface area contributed by atoms with Crippen molar-refractivity contribution in [3.05, 3.63) is 11.6 Å². The Morgan fingerprint density at radius 1 is 1.33 bits per heavy atom. The number of aliphatic hydroxyl groups is 1. The number of nitrogens with zero attached hydrogens (tertiary/aromatic N) is 3. The van der Waals surface area contributed by atoms with Gasteiger partial charge in [-0.3, -0.25) is 9.80 Å². The van der Waals surface area contributed by atoms with Crippen LogP contribution in [0.5, 0.6) is 0 Å². The molecular weight excluding hydrogens is 276 g/mol. The zero-order valence-corrected chi connectivity index (χ0v) is 12.6. The Balaban J connectivity index is 1.66. The Morgan fingerprint density at radius 2 is 2.14 bits per heavy atom. The minimum Gasteiger partial charge on any atom is -0.365 e. The van der Waals surface area contributed by atoms with E-state index in [1.165, 1.54) is 10.5 Å². The Morgan fingerprint density at radius 3 is 2.76 bits per heavy atom. The Bertz CT molecular complexity index is 416. The van der Waals surface area contributed by atoms with Gasteiger partial charge in [0, 0.05) is 38.6 Å². The molecule has 0 saturated carbocycles. The van der Waals surface area contributed by atoms with Gasteiger partial charge in [-0.15, -0.1) is 0 Å². The molecule has 0 spiro atoms. The third-order valence-electron chi connectivity index (χ3n) is 4.99. The molecule has 3 aliphatic heterocycles. The van der Waals surface area contributed by atoms with Crippen molar-refractivity contribution in [3.8, 4) is 0 Å². The van der Waals surface area contributed by atoms with Gasteiger partial charge in [-0.1, -0.05) is 11.6 Å². The monoisotopic (exact) mass is 301 g/mol. The first kappa shape index (κ1) is 15.3. The molecule has 2 fully saturated rings. The summed E-state index contributed by atoms with van der Waals surface area (Å²) in [6.45, 7) is 2.73. The molecule has 6 heteroatoms. The van der Waals surface area contributed by atoms with Gasteiger partial charge in [0.25, 0.3) is 5.92 Å². The van der Waals surface area contributed by atoms with Gasteiger partial charge < -0.3 is 10.0 Å². The molecule has 3 heterocycles. The second kappa shape index (κ2) is 5.91. The summed E-state index contributed by atoms with van der Waals surface area (Å²) in [7, 11) is 2.10. The highest BCUT2D eigenvalue weighted by Crippen LogP contribution is 2.33. The van der Waals surface area contributed by atoms with Crippen molar-refractivity contribution in [1.82, 2.24) is 14.7 Å². The number of hydrogen-bond acceptors (Lipinski definition) is 4. The second-order valence-electron chi connectivity index (χ2n) is 6.61. The average Bonchev–Trinajstić information content (AvgIpc) is 3.05. The summed E-state index contributed by atoms with van der Waals surface area (Å²) in [6, 6.07) is 0.225. The maximum atomic E-state index is 13.3. The number of likely N-dealkylation sites (N-methyl/N-ethyl adjacent to an activating group) is 1. The first-order valence-electron chi connectivity index (χ1n) is 7.89. The lowest BCUT2D eigenvalue weighted by Gasteiger charge is -2.37. The van der Waals surface area contributed by atoms with E-state index in [1.54, 1.807) is 0 Å².